The maximum atomic E-state index is 7.01. The van der Waals surface area contributed by atoms with E-state index in [1.165, 1.54) is 5.56 Å². The Kier molecular flexibility index (Phi) is 6.98. The summed E-state index contributed by atoms with van der Waals surface area (Å²) < 4.78 is 23.7. The van der Waals surface area contributed by atoms with Crippen LogP contribution < -0.4 is 18.9 Å². The zero-order valence-electron chi connectivity index (χ0n) is 19.9. The van der Waals surface area contributed by atoms with E-state index in [-0.39, 0.29) is 0 Å². The summed E-state index contributed by atoms with van der Waals surface area (Å²) >= 11 is 7.01. The highest BCUT2D eigenvalue weighted by Crippen LogP contribution is 2.41. The van der Waals surface area contributed by atoms with Crippen LogP contribution in [-0.4, -0.2) is 38.2 Å². The second-order valence-corrected chi connectivity index (χ2v) is 8.18. The minimum absolute atomic E-state index is 0.534. The van der Waals surface area contributed by atoms with Crippen molar-refractivity contribution in [2.45, 2.75) is 13.5 Å². The van der Waals surface area contributed by atoms with E-state index in [0.717, 1.165) is 22.4 Å². The average molecular weight is 479 g/mol. The molecule has 7 heteroatoms. The van der Waals surface area contributed by atoms with Crippen molar-refractivity contribution >= 4 is 11.6 Å². The van der Waals surface area contributed by atoms with Gasteiger partial charge in [0.25, 0.3) is 0 Å². The molecule has 0 fully saturated rings. The summed E-state index contributed by atoms with van der Waals surface area (Å²) in [6.45, 7) is 2.63. The molecule has 4 aromatic rings. The molecule has 0 aliphatic carbocycles. The number of halogens is 1. The lowest BCUT2D eigenvalue weighted by Crippen LogP contribution is -2.04. The Balaban J connectivity index is 1.89. The lowest BCUT2D eigenvalue weighted by atomic mass is 10.1. The smallest absolute Gasteiger partial charge is 0.161 e. The summed E-state index contributed by atoms with van der Waals surface area (Å²) in [7, 11) is 6.44. The molecule has 0 spiro atoms. The van der Waals surface area contributed by atoms with Crippen LogP contribution in [0.4, 0.5) is 0 Å². The minimum atomic E-state index is 0.534. The molecule has 1 heterocycles. The first-order valence-corrected chi connectivity index (χ1v) is 11.1. The second-order valence-electron chi connectivity index (χ2n) is 7.80. The molecule has 0 unspecified atom stereocenters. The van der Waals surface area contributed by atoms with Crippen molar-refractivity contribution in [1.29, 1.82) is 0 Å². The number of hydrogen-bond donors (Lipinski definition) is 0. The monoisotopic (exact) mass is 478 g/mol. The standard InChI is InChI=1S/C27H27ClN2O4/c1-17-7-6-8-18(13-17)16-30-27(20-10-12-22(32-3)24(15-20)34-5)25(28)26(29-30)19-9-11-21(31-2)23(14-19)33-4/h6-15H,16H2,1-5H3. The molecule has 0 bridgehead atoms. The third-order valence-electron chi connectivity index (χ3n) is 5.62. The molecule has 0 saturated carbocycles. The third kappa shape index (κ3) is 4.54. The molecule has 0 amide bonds. The molecule has 176 valence electrons. The van der Waals surface area contributed by atoms with Crippen LogP contribution in [-0.2, 0) is 6.54 Å². The fraction of sp³-hybridized carbons (Fsp3) is 0.222. The normalized spacial score (nSPS) is 10.8. The Hall–Kier alpha value is -3.64. The molecular formula is C27H27ClN2O4. The van der Waals surface area contributed by atoms with Gasteiger partial charge in [-0.3, -0.25) is 4.68 Å². The number of methoxy groups -OCH3 is 4. The first kappa shape index (κ1) is 23.5. The number of nitrogens with zero attached hydrogens (tertiary/aromatic N) is 2. The van der Waals surface area contributed by atoms with Crippen LogP contribution in [0.3, 0.4) is 0 Å². The Morgan fingerprint density at radius 2 is 1.32 bits per heavy atom. The van der Waals surface area contributed by atoms with Gasteiger partial charge >= 0.3 is 0 Å². The number of aromatic nitrogens is 2. The van der Waals surface area contributed by atoms with Crippen molar-refractivity contribution in [3.63, 3.8) is 0 Å². The zero-order chi connectivity index (χ0) is 24.2. The van der Waals surface area contributed by atoms with Gasteiger partial charge in [0.2, 0.25) is 0 Å². The number of rotatable bonds is 8. The van der Waals surface area contributed by atoms with Gasteiger partial charge in [-0.2, -0.15) is 5.10 Å². The van der Waals surface area contributed by atoms with Crippen molar-refractivity contribution < 1.29 is 18.9 Å². The fourth-order valence-corrected chi connectivity index (χ4v) is 4.32. The largest absolute Gasteiger partial charge is 0.493 e. The predicted molar refractivity (Wildman–Crippen MR) is 135 cm³/mol. The number of ether oxygens (including phenoxy) is 4. The maximum absolute atomic E-state index is 7.01. The van der Waals surface area contributed by atoms with E-state index < -0.39 is 0 Å². The quantitative estimate of drug-likeness (QED) is 0.299. The molecule has 0 atom stereocenters. The summed E-state index contributed by atoms with van der Waals surface area (Å²) in [5.74, 6) is 2.51. The van der Waals surface area contributed by atoms with E-state index in [0.29, 0.717) is 40.3 Å². The van der Waals surface area contributed by atoms with E-state index in [4.69, 9.17) is 35.6 Å². The highest BCUT2D eigenvalue weighted by atomic mass is 35.5. The Morgan fingerprint density at radius 1 is 0.735 bits per heavy atom. The Morgan fingerprint density at radius 3 is 1.91 bits per heavy atom. The Bertz CT molecular complexity index is 1320. The SMILES string of the molecule is COc1ccc(-c2nn(Cc3cccc(C)c3)c(-c3ccc(OC)c(OC)c3)c2Cl)cc1OC. The van der Waals surface area contributed by atoms with Crippen LogP contribution in [0.15, 0.2) is 60.7 Å². The van der Waals surface area contributed by atoms with Crippen molar-refractivity contribution in [2.75, 3.05) is 28.4 Å². The predicted octanol–water partition coefficient (Wildman–Crippen LogP) is 6.26. The summed E-state index contributed by atoms with van der Waals surface area (Å²) in [6.07, 6.45) is 0. The zero-order valence-corrected chi connectivity index (χ0v) is 20.6. The van der Waals surface area contributed by atoms with Crippen LogP contribution in [0.2, 0.25) is 5.02 Å². The van der Waals surface area contributed by atoms with Crippen LogP contribution in [0, 0.1) is 6.92 Å². The number of hydrogen-bond acceptors (Lipinski definition) is 5. The van der Waals surface area contributed by atoms with Gasteiger partial charge in [-0.15, -0.1) is 0 Å². The van der Waals surface area contributed by atoms with Gasteiger partial charge in [0.05, 0.1) is 45.7 Å². The number of aryl methyl sites for hydroxylation is 1. The summed E-state index contributed by atoms with van der Waals surface area (Å²) in [5.41, 5.74) is 5.44. The second kappa shape index (κ2) is 10.1. The van der Waals surface area contributed by atoms with E-state index in [1.54, 1.807) is 28.4 Å². The molecule has 0 aliphatic heterocycles. The summed E-state index contributed by atoms with van der Waals surface area (Å²) in [5, 5.41) is 5.46. The van der Waals surface area contributed by atoms with Gasteiger partial charge in [-0.25, -0.2) is 0 Å². The molecule has 4 rings (SSSR count). The van der Waals surface area contributed by atoms with E-state index in [2.05, 4.69) is 25.1 Å². The van der Waals surface area contributed by atoms with Crippen LogP contribution >= 0.6 is 11.6 Å². The van der Waals surface area contributed by atoms with E-state index >= 15 is 0 Å². The van der Waals surface area contributed by atoms with Gasteiger partial charge in [0.1, 0.15) is 5.69 Å². The molecule has 3 aromatic carbocycles. The molecule has 0 N–H and O–H groups in total. The molecule has 0 saturated heterocycles. The topological polar surface area (TPSA) is 54.7 Å². The highest BCUT2D eigenvalue weighted by molar-refractivity contribution is 6.35. The molecule has 0 aliphatic rings. The summed E-state index contributed by atoms with van der Waals surface area (Å²) in [6, 6.07) is 19.7. The lowest BCUT2D eigenvalue weighted by Gasteiger charge is -2.12. The first-order chi connectivity index (χ1) is 16.5. The van der Waals surface area contributed by atoms with Crippen LogP contribution in [0.25, 0.3) is 22.5 Å². The lowest BCUT2D eigenvalue weighted by molar-refractivity contribution is 0.355. The van der Waals surface area contributed by atoms with Crippen molar-refractivity contribution in [1.82, 2.24) is 9.78 Å². The van der Waals surface area contributed by atoms with Crippen molar-refractivity contribution in [3.05, 3.63) is 76.8 Å². The molecule has 34 heavy (non-hydrogen) atoms. The van der Waals surface area contributed by atoms with E-state index in [9.17, 15) is 0 Å². The molecule has 6 nitrogen and oxygen atoms in total. The minimum Gasteiger partial charge on any atom is -0.493 e. The van der Waals surface area contributed by atoms with E-state index in [1.807, 2.05) is 47.1 Å². The highest BCUT2D eigenvalue weighted by Gasteiger charge is 2.22. The van der Waals surface area contributed by atoms with Crippen molar-refractivity contribution in [2.24, 2.45) is 0 Å². The van der Waals surface area contributed by atoms with Gasteiger partial charge in [0, 0.05) is 11.1 Å². The van der Waals surface area contributed by atoms with Gasteiger partial charge in [0.15, 0.2) is 23.0 Å². The van der Waals surface area contributed by atoms with Crippen LogP contribution in [0.1, 0.15) is 11.1 Å². The Labute approximate surface area is 204 Å². The maximum Gasteiger partial charge on any atom is 0.161 e. The summed E-state index contributed by atoms with van der Waals surface area (Å²) in [4.78, 5) is 0. The van der Waals surface area contributed by atoms with Gasteiger partial charge < -0.3 is 18.9 Å². The fourth-order valence-electron chi connectivity index (χ4n) is 3.97. The molecule has 1 aromatic heterocycles. The molecular weight excluding hydrogens is 452 g/mol. The molecule has 0 radical (unpaired) electrons. The van der Waals surface area contributed by atoms with Gasteiger partial charge in [-0.05, 0) is 48.9 Å². The number of benzene rings is 3. The van der Waals surface area contributed by atoms with Crippen molar-refractivity contribution in [3.8, 4) is 45.5 Å². The average Bonchev–Trinajstić information content (AvgIpc) is 3.18. The first-order valence-electron chi connectivity index (χ1n) is 10.8. The third-order valence-corrected chi connectivity index (χ3v) is 5.98. The van der Waals surface area contributed by atoms with Crippen LogP contribution in [0.5, 0.6) is 23.0 Å². The van der Waals surface area contributed by atoms with Gasteiger partial charge in [-0.1, -0.05) is 41.4 Å².